The van der Waals surface area contributed by atoms with Gasteiger partial charge in [0.2, 0.25) is 0 Å². The highest BCUT2D eigenvalue weighted by molar-refractivity contribution is 7.98. The van der Waals surface area contributed by atoms with Crippen molar-refractivity contribution in [3.8, 4) is 10.4 Å². The van der Waals surface area contributed by atoms with E-state index in [2.05, 4.69) is 11.6 Å². The van der Waals surface area contributed by atoms with Crippen LogP contribution in [0, 0.1) is 0 Å². The molecule has 0 bridgehead atoms. The van der Waals surface area contributed by atoms with E-state index in [-0.39, 0.29) is 5.56 Å². The van der Waals surface area contributed by atoms with Gasteiger partial charge in [-0.25, -0.2) is 9.97 Å². The lowest BCUT2D eigenvalue weighted by Gasteiger charge is -2.10. The first kappa shape index (κ1) is 18.4. The largest absolute Gasteiger partial charge is 0.307 e. The summed E-state index contributed by atoms with van der Waals surface area (Å²) in [6.07, 6.45) is 5.73. The average Bonchev–Trinajstić information content (AvgIpc) is 3.47. The summed E-state index contributed by atoms with van der Waals surface area (Å²) >= 11 is 4.68. The van der Waals surface area contributed by atoms with Crippen molar-refractivity contribution >= 4 is 50.3 Å². The molecule has 5 aromatic heterocycles. The van der Waals surface area contributed by atoms with Crippen molar-refractivity contribution in [2.45, 2.75) is 17.5 Å². The van der Waals surface area contributed by atoms with Gasteiger partial charge in [0.15, 0.2) is 5.16 Å². The van der Waals surface area contributed by atoms with Crippen molar-refractivity contribution in [3.05, 3.63) is 82.2 Å². The molecule has 5 heterocycles. The molecule has 0 amide bonds. The normalized spacial score (nSPS) is 11.4. The lowest BCUT2D eigenvalue weighted by molar-refractivity contribution is 0.673. The molecule has 0 aliphatic rings. The second-order valence-corrected chi connectivity index (χ2v) is 9.14. The minimum atomic E-state index is -0.0166. The Morgan fingerprint density at radius 2 is 2.10 bits per heavy atom. The second kappa shape index (κ2) is 7.62. The van der Waals surface area contributed by atoms with Crippen LogP contribution in [0.5, 0.6) is 0 Å². The monoisotopic (exact) mass is 436 g/mol. The third-order valence-electron chi connectivity index (χ3n) is 4.52. The summed E-state index contributed by atoms with van der Waals surface area (Å²) in [6.45, 7) is 4.24. The molecule has 144 valence electrons. The molecule has 8 heteroatoms. The van der Waals surface area contributed by atoms with E-state index in [1.54, 1.807) is 22.0 Å². The molecule has 0 saturated carbocycles. The summed E-state index contributed by atoms with van der Waals surface area (Å²) in [4.78, 5) is 24.6. The Bertz CT molecular complexity index is 1350. The molecule has 5 aromatic rings. The Morgan fingerprint density at radius 3 is 2.90 bits per heavy atom. The van der Waals surface area contributed by atoms with E-state index in [0.717, 1.165) is 26.6 Å². The summed E-state index contributed by atoms with van der Waals surface area (Å²) in [5.41, 5.74) is 2.81. The number of pyridine rings is 1. The quantitative estimate of drug-likeness (QED) is 0.206. The Labute approximate surface area is 179 Å². The van der Waals surface area contributed by atoms with Crippen LogP contribution < -0.4 is 5.56 Å². The Hall–Kier alpha value is -2.68. The summed E-state index contributed by atoms with van der Waals surface area (Å²) in [5, 5.41) is 5.43. The van der Waals surface area contributed by atoms with Crippen molar-refractivity contribution in [3.63, 3.8) is 0 Å². The first-order valence-electron chi connectivity index (χ1n) is 8.97. The first-order chi connectivity index (χ1) is 14.2. The van der Waals surface area contributed by atoms with Crippen LogP contribution in [0.3, 0.4) is 0 Å². The second-order valence-electron chi connectivity index (χ2n) is 6.39. The SMILES string of the molecule is C=CCn1c(SCc2cn3ccccc3n2)nc2scc(-c3cccs3)c2c1=O. The number of aromatic nitrogens is 4. The predicted octanol–water partition coefficient (Wildman–Crippen LogP) is 5.31. The number of thiophene rings is 2. The van der Waals surface area contributed by atoms with Gasteiger partial charge >= 0.3 is 0 Å². The zero-order chi connectivity index (χ0) is 19.8. The molecule has 0 spiro atoms. The average molecular weight is 437 g/mol. The third-order valence-corrected chi connectivity index (χ3v) is 7.31. The van der Waals surface area contributed by atoms with E-state index in [1.165, 1.54) is 23.1 Å². The van der Waals surface area contributed by atoms with Gasteiger partial charge in [-0.1, -0.05) is 30.0 Å². The minimum Gasteiger partial charge on any atom is -0.307 e. The van der Waals surface area contributed by atoms with Crippen molar-refractivity contribution < 1.29 is 0 Å². The standard InChI is InChI=1S/C21H16N4OS3/c1-2-8-25-20(26)18-15(16-6-5-10-27-16)13-28-19(18)23-21(25)29-12-14-11-24-9-4-3-7-17(24)22-14/h2-7,9-11,13H,1,8,12H2. The highest BCUT2D eigenvalue weighted by Crippen LogP contribution is 2.34. The molecule has 29 heavy (non-hydrogen) atoms. The molecule has 0 aliphatic carbocycles. The van der Waals surface area contributed by atoms with Crippen LogP contribution in [0.15, 0.2) is 76.1 Å². The molecule has 0 radical (unpaired) electrons. The number of rotatable bonds is 6. The van der Waals surface area contributed by atoms with E-state index in [0.29, 0.717) is 22.8 Å². The fourth-order valence-corrected chi connectivity index (χ4v) is 5.91. The maximum Gasteiger partial charge on any atom is 0.263 e. The van der Waals surface area contributed by atoms with Crippen LogP contribution in [-0.2, 0) is 12.3 Å². The van der Waals surface area contributed by atoms with Crippen LogP contribution in [-0.4, -0.2) is 18.9 Å². The van der Waals surface area contributed by atoms with Gasteiger partial charge in [0.05, 0.1) is 11.1 Å². The number of thioether (sulfide) groups is 1. The topological polar surface area (TPSA) is 52.2 Å². The molecule has 0 fully saturated rings. The Morgan fingerprint density at radius 1 is 1.17 bits per heavy atom. The fourth-order valence-electron chi connectivity index (χ4n) is 3.21. The number of fused-ring (bicyclic) bond motifs is 2. The molecule has 0 aromatic carbocycles. The zero-order valence-electron chi connectivity index (χ0n) is 15.3. The van der Waals surface area contributed by atoms with Crippen LogP contribution in [0.2, 0.25) is 0 Å². The highest BCUT2D eigenvalue weighted by Gasteiger charge is 2.17. The minimum absolute atomic E-state index is 0.0166. The first-order valence-corrected chi connectivity index (χ1v) is 11.7. The lowest BCUT2D eigenvalue weighted by Crippen LogP contribution is -2.22. The molecule has 5 rings (SSSR count). The van der Waals surface area contributed by atoms with E-state index >= 15 is 0 Å². The van der Waals surface area contributed by atoms with Gasteiger partial charge in [0.25, 0.3) is 5.56 Å². The van der Waals surface area contributed by atoms with Crippen LogP contribution in [0.25, 0.3) is 26.3 Å². The number of hydrogen-bond donors (Lipinski definition) is 0. The lowest BCUT2D eigenvalue weighted by atomic mass is 10.2. The molecule has 0 aliphatic heterocycles. The van der Waals surface area contributed by atoms with Crippen LogP contribution >= 0.6 is 34.4 Å². The maximum atomic E-state index is 13.3. The van der Waals surface area contributed by atoms with Crippen molar-refractivity contribution in [1.29, 1.82) is 0 Å². The predicted molar refractivity (Wildman–Crippen MR) is 122 cm³/mol. The number of nitrogens with zero attached hydrogens (tertiary/aromatic N) is 4. The van der Waals surface area contributed by atoms with Gasteiger partial charge in [0.1, 0.15) is 10.5 Å². The Kier molecular flexibility index (Phi) is 4.83. The van der Waals surface area contributed by atoms with E-state index in [4.69, 9.17) is 4.98 Å². The Balaban J connectivity index is 1.55. The summed E-state index contributed by atoms with van der Waals surface area (Å²) in [7, 11) is 0. The maximum absolute atomic E-state index is 13.3. The summed E-state index contributed by atoms with van der Waals surface area (Å²) < 4.78 is 3.70. The van der Waals surface area contributed by atoms with Gasteiger partial charge < -0.3 is 4.40 Å². The van der Waals surface area contributed by atoms with E-state index < -0.39 is 0 Å². The van der Waals surface area contributed by atoms with Crippen molar-refractivity contribution in [2.24, 2.45) is 0 Å². The fraction of sp³-hybridized carbons (Fsp3) is 0.0952. The van der Waals surface area contributed by atoms with Crippen molar-refractivity contribution in [2.75, 3.05) is 0 Å². The van der Waals surface area contributed by atoms with Crippen molar-refractivity contribution in [1.82, 2.24) is 18.9 Å². The van der Waals surface area contributed by atoms with Gasteiger partial charge in [-0.3, -0.25) is 9.36 Å². The van der Waals surface area contributed by atoms with Gasteiger partial charge in [-0.05, 0) is 23.6 Å². The molecule has 0 saturated heterocycles. The van der Waals surface area contributed by atoms with Crippen LogP contribution in [0.1, 0.15) is 5.69 Å². The van der Waals surface area contributed by atoms with E-state index in [1.807, 2.05) is 57.9 Å². The van der Waals surface area contributed by atoms with E-state index in [9.17, 15) is 4.79 Å². The highest BCUT2D eigenvalue weighted by atomic mass is 32.2. The third kappa shape index (κ3) is 3.33. The molecule has 5 nitrogen and oxygen atoms in total. The smallest absolute Gasteiger partial charge is 0.263 e. The molecular formula is C21H16N4OS3. The number of imidazole rings is 1. The zero-order valence-corrected chi connectivity index (χ0v) is 17.8. The van der Waals surface area contributed by atoms with Gasteiger partial charge in [-0.2, -0.15) is 0 Å². The van der Waals surface area contributed by atoms with Crippen LogP contribution in [0.4, 0.5) is 0 Å². The molecule has 0 unspecified atom stereocenters. The summed E-state index contributed by atoms with van der Waals surface area (Å²) in [6, 6.07) is 9.96. The molecular weight excluding hydrogens is 420 g/mol. The van der Waals surface area contributed by atoms with Gasteiger partial charge in [-0.15, -0.1) is 29.3 Å². The number of allylic oxidation sites excluding steroid dienone is 1. The summed E-state index contributed by atoms with van der Waals surface area (Å²) in [5.74, 6) is 0.639. The molecule has 0 N–H and O–H groups in total. The molecule has 0 atom stereocenters. The van der Waals surface area contributed by atoms with Gasteiger partial charge in [0, 0.05) is 40.5 Å². The number of hydrogen-bond acceptors (Lipinski definition) is 6.